The van der Waals surface area contributed by atoms with E-state index in [9.17, 15) is 12.8 Å². The molecule has 0 radical (unpaired) electrons. The highest BCUT2D eigenvalue weighted by Gasteiger charge is 2.18. The molecule has 0 saturated heterocycles. The third-order valence-corrected chi connectivity index (χ3v) is 4.17. The minimum Gasteiger partial charge on any atom is -0.469 e. The molecule has 0 aliphatic rings. The molecule has 1 N–H and O–H groups in total. The van der Waals surface area contributed by atoms with Crippen LogP contribution in [0.25, 0.3) is 0 Å². The zero-order chi connectivity index (χ0) is 13.9. The highest BCUT2D eigenvalue weighted by Crippen LogP contribution is 2.11. The predicted molar refractivity (Wildman–Crippen MR) is 68.6 cm³/mol. The van der Waals surface area contributed by atoms with Gasteiger partial charge in [0.15, 0.2) is 0 Å². The summed E-state index contributed by atoms with van der Waals surface area (Å²) in [5, 5.41) is 0. The van der Waals surface area contributed by atoms with Crippen molar-refractivity contribution in [2.45, 2.75) is 24.3 Å². The van der Waals surface area contributed by atoms with Crippen molar-refractivity contribution in [2.24, 2.45) is 0 Å². The molecule has 0 bridgehead atoms. The highest BCUT2D eigenvalue weighted by molar-refractivity contribution is 7.89. The van der Waals surface area contributed by atoms with E-state index < -0.39 is 15.8 Å². The molecule has 0 aliphatic carbocycles. The predicted octanol–water partition coefficient (Wildman–Crippen LogP) is 2.33. The van der Waals surface area contributed by atoms with Crippen molar-refractivity contribution in [2.75, 3.05) is 0 Å². The van der Waals surface area contributed by atoms with Crippen molar-refractivity contribution < 1.29 is 17.2 Å². The van der Waals surface area contributed by atoms with Crippen LogP contribution in [0.1, 0.15) is 12.7 Å². The Labute approximate surface area is 111 Å². The summed E-state index contributed by atoms with van der Waals surface area (Å²) < 4.78 is 44.5. The maximum atomic E-state index is 12.8. The Balaban J connectivity index is 2.06. The molecule has 0 aliphatic heterocycles. The average Bonchev–Trinajstić information content (AvgIpc) is 2.81. The molecule has 1 aromatic carbocycles. The third kappa shape index (κ3) is 3.65. The van der Waals surface area contributed by atoms with Crippen molar-refractivity contribution in [1.82, 2.24) is 4.72 Å². The van der Waals surface area contributed by atoms with Crippen molar-refractivity contribution in [1.29, 1.82) is 0 Å². The van der Waals surface area contributed by atoms with Gasteiger partial charge in [-0.05, 0) is 43.3 Å². The minimum atomic E-state index is -3.64. The maximum Gasteiger partial charge on any atom is 0.240 e. The monoisotopic (exact) mass is 283 g/mol. The Kier molecular flexibility index (Phi) is 4.01. The standard InChI is InChI=1S/C13H14FNO3S/c1-10(9-12-3-2-8-18-12)15-19(16,17)13-6-4-11(14)5-7-13/h2-8,10,15H,9H2,1H3/t10-/m1/s1. The van der Waals surface area contributed by atoms with Crippen molar-refractivity contribution in [3.05, 3.63) is 54.2 Å². The molecule has 4 nitrogen and oxygen atoms in total. The minimum absolute atomic E-state index is 0.0418. The van der Waals surface area contributed by atoms with Crippen LogP contribution in [0.2, 0.25) is 0 Å². The van der Waals surface area contributed by atoms with Crippen LogP contribution in [0.5, 0.6) is 0 Å². The lowest BCUT2D eigenvalue weighted by Crippen LogP contribution is -2.34. The Morgan fingerprint density at radius 1 is 1.26 bits per heavy atom. The van der Waals surface area contributed by atoms with E-state index in [-0.39, 0.29) is 10.9 Å². The summed E-state index contributed by atoms with van der Waals surface area (Å²) in [5.74, 6) is 0.233. The second-order valence-electron chi connectivity index (χ2n) is 4.26. The Hall–Kier alpha value is -1.66. The molecular weight excluding hydrogens is 269 g/mol. The normalized spacial score (nSPS) is 13.4. The summed E-state index contributed by atoms with van der Waals surface area (Å²) in [7, 11) is -3.64. The van der Waals surface area contributed by atoms with Crippen LogP contribution in [-0.4, -0.2) is 14.5 Å². The summed E-state index contributed by atoms with van der Waals surface area (Å²) in [5.41, 5.74) is 0. The van der Waals surface area contributed by atoms with Gasteiger partial charge in [0.25, 0.3) is 0 Å². The van der Waals surface area contributed by atoms with Crippen LogP contribution in [0.3, 0.4) is 0 Å². The van der Waals surface area contributed by atoms with Gasteiger partial charge in [0.05, 0.1) is 11.2 Å². The van der Waals surface area contributed by atoms with E-state index in [2.05, 4.69) is 4.72 Å². The molecule has 102 valence electrons. The Morgan fingerprint density at radius 2 is 1.95 bits per heavy atom. The first-order valence-electron chi connectivity index (χ1n) is 5.77. The highest BCUT2D eigenvalue weighted by atomic mass is 32.2. The van der Waals surface area contributed by atoms with E-state index in [1.54, 1.807) is 19.1 Å². The molecule has 0 unspecified atom stereocenters. The van der Waals surface area contributed by atoms with Gasteiger partial charge in [-0.25, -0.2) is 17.5 Å². The van der Waals surface area contributed by atoms with Gasteiger partial charge in [-0.2, -0.15) is 0 Å². The Morgan fingerprint density at radius 3 is 2.53 bits per heavy atom. The lowest BCUT2D eigenvalue weighted by atomic mass is 10.2. The topological polar surface area (TPSA) is 59.3 Å². The van der Waals surface area contributed by atoms with Crippen molar-refractivity contribution in [3.8, 4) is 0 Å². The molecule has 1 atom stereocenters. The fraction of sp³-hybridized carbons (Fsp3) is 0.231. The molecule has 6 heteroatoms. The van der Waals surface area contributed by atoms with Crippen LogP contribution in [0.4, 0.5) is 4.39 Å². The second kappa shape index (κ2) is 5.54. The molecule has 1 aromatic heterocycles. The number of sulfonamides is 1. The first-order chi connectivity index (χ1) is 8.97. The first-order valence-corrected chi connectivity index (χ1v) is 7.26. The lowest BCUT2D eigenvalue weighted by Gasteiger charge is -2.13. The summed E-state index contributed by atoms with van der Waals surface area (Å²) in [4.78, 5) is 0.0418. The average molecular weight is 283 g/mol. The van der Waals surface area contributed by atoms with Crippen LogP contribution in [0.15, 0.2) is 52.0 Å². The van der Waals surface area contributed by atoms with Crippen LogP contribution in [-0.2, 0) is 16.4 Å². The van der Waals surface area contributed by atoms with Gasteiger partial charge in [-0.3, -0.25) is 0 Å². The third-order valence-electron chi connectivity index (χ3n) is 2.57. The van der Waals surface area contributed by atoms with Gasteiger partial charge in [0.1, 0.15) is 11.6 Å². The molecule has 0 spiro atoms. The van der Waals surface area contributed by atoms with Gasteiger partial charge >= 0.3 is 0 Å². The van der Waals surface area contributed by atoms with Gasteiger partial charge < -0.3 is 4.42 Å². The van der Waals surface area contributed by atoms with Crippen LogP contribution < -0.4 is 4.72 Å². The number of benzene rings is 1. The molecule has 0 amide bonds. The quantitative estimate of drug-likeness (QED) is 0.916. The van der Waals surface area contributed by atoms with E-state index in [1.807, 2.05) is 0 Å². The van der Waals surface area contributed by atoms with E-state index in [0.717, 1.165) is 12.1 Å². The SMILES string of the molecule is C[C@H](Cc1ccco1)NS(=O)(=O)c1ccc(F)cc1. The molecule has 0 fully saturated rings. The number of nitrogens with one attached hydrogen (secondary N) is 1. The smallest absolute Gasteiger partial charge is 0.240 e. The zero-order valence-corrected chi connectivity index (χ0v) is 11.2. The van der Waals surface area contributed by atoms with Crippen LogP contribution >= 0.6 is 0 Å². The van der Waals surface area contributed by atoms with Crippen molar-refractivity contribution >= 4 is 10.0 Å². The molecule has 19 heavy (non-hydrogen) atoms. The fourth-order valence-corrected chi connectivity index (χ4v) is 2.96. The van der Waals surface area contributed by atoms with Gasteiger partial charge in [0, 0.05) is 12.5 Å². The summed E-state index contributed by atoms with van der Waals surface area (Å²) in [6, 6.07) is 7.91. The van der Waals surface area contributed by atoms with Crippen LogP contribution in [0, 0.1) is 5.82 Å². The van der Waals surface area contributed by atoms with Gasteiger partial charge in [-0.15, -0.1) is 0 Å². The number of hydrogen-bond donors (Lipinski definition) is 1. The number of hydrogen-bond acceptors (Lipinski definition) is 3. The molecule has 2 rings (SSSR count). The lowest BCUT2D eigenvalue weighted by molar-refractivity contribution is 0.479. The maximum absolute atomic E-state index is 12.8. The number of furan rings is 1. The zero-order valence-electron chi connectivity index (χ0n) is 10.3. The van der Waals surface area contributed by atoms with Crippen molar-refractivity contribution in [3.63, 3.8) is 0 Å². The summed E-state index contributed by atoms with van der Waals surface area (Å²) in [6.45, 7) is 1.74. The van der Waals surface area contributed by atoms with E-state index >= 15 is 0 Å². The number of halogens is 1. The fourth-order valence-electron chi connectivity index (χ4n) is 1.72. The second-order valence-corrected chi connectivity index (χ2v) is 5.97. The molecule has 1 heterocycles. The summed E-state index contributed by atoms with van der Waals surface area (Å²) >= 11 is 0. The van der Waals surface area contributed by atoms with Gasteiger partial charge in [0.2, 0.25) is 10.0 Å². The largest absolute Gasteiger partial charge is 0.469 e. The first kappa shape index (κ1) is 13.8. The Bertz CT molecular complexity index is 620. The van der Waals surface area contributed by atoms with E-state index in [4.69, 9.17) is 4.42 Å². The van der Waals surface area contributed by atoms with E-state index in [0.29, 0.717) is 12.2 Å². The van der Waals surface area contributed by atoms with Gasteiger partial charge in [-0.1, -0.05) is 0 Å². The molecule has 0 saturated carbocycles. The molecular formula is C13H14FNO3S. The van der Waals surface area contributed by atoms with E-state index in [1.165, 1.54) is 18.4 Å². The number of rotatable bonds is 5. The summed E-state index contributed by atoms with van der Waals surface area (Å²) in [6.07, 6.45) is 1.99. The molecule has 2 aromatic rings.